The fraction of sp³-hybridized carbons (Fsp3) is 0. The van der Waals surface area contributed by atoms with E-state index in [0.717, 1.165) is 4.90 Å². The van der Waals surface area contributed by atoms with Gasteiger partial charge in [0.15, 0.2) is 0 Å². The van der Waals surface area contributed by atoms with Crippen molar-refractivity contribution in [3.8, 4) is 0 Å². The average Bonchev–Trinajstić information content (AvgIpc) is 2.98. The number of benzene rings is 3. The molecule has 1 aliphatic rings. The summed E-state index contributed by atoms with van der Waals surface area (Å²) in [5.74, 6) is -1.72. The molecule has 160 valence electrons. The predicted octanol–water partition coefficient (Wildman–Crippen LogP) is 5.68. The largest absolute Gasteiger partial charge is 0.350 e. The molecule has 0 aliphatic carbocycles. The summed E-state index contributed by atoms with van der Waals surface area (Å²) >= 11 is 18.3. The third-order valence-corrected chi connectivity index (χ3v) is 5.50. The van der Waals surface area contributed by atoms with Crippen molar-refractivity contribution in [3.63, 3.8) is 0 Å². The van der Waals surface area contributed by atoms with Gasteiger partial charge in [-0.1, -0.05) is 59.1 Å². The molecule has 0 aromatic heterocycles. The Morgan fingerprint density at radius 3 is 2.25 bits per heavy atom. The van der Waals surface area contributed by atoms with Gasteiger partial charge in [-0.25, -0.2) is 4.90 Å². The zero-order valence-corrected chi connectivity index (χ0v) is 18.5. The second-order valence-electron chi connectivity index (χ2n) is 6.76. The minimum atomic E-state index is -0.692. The number of amides is 3. The Labute approximate surface area is 198 Å². The van der Waals surface area contributed by atoms with E-state index in [1.807, 2.05) is 0 Å². The average molecular weight is 487 g/mol. The molecular formula is C23H14Cl3N3O3. The lowest BCUT2D eigenvalue weighted by Crippen LogP contribution is -2.32. The van der Waals surface area contributed by atoms with Crippen molar-refractivity contribution in [2.75, 3.05) is 15.5 Å². The number of imide groups is 1. The van der Waals surface area contributed by atoms with Crippen LogP contribution >= 0.6 is 34.8 Å². The standard InChI is InChI=1S/C23H14Cl3N3O3/c24-14-6-4-8-16(12-14)28-21(30)13-5-3-7-15(11-13)27-20-19(26)22(31)29(23(20)32)18-10-2-1-9-17(18)25/h1-12,27H,(H,28,30). The number of carbonyl (C=O) groups excluding carboxylic acids is 3. The van der Waals surface area contributed by atoms with Crippen molar-refractivity contribution in [2.24, 2.45) is 0 Å². The van der Waals surface area contributed by atoms with E-state index in [1.165, 1.54) is 6.07 Å². The molecule has 2 N–H and O–H groups in total. The molecule has 3 aromatic rings. The van der Waals surface area contributed by atoms with Crippen LogP contribution in [0.5, 0.6) is 0 Å². The van der Waals surface area contributed by atoms with E-state index < -0.39 is 11.8 Å². The molecule has 9 heteroatoms. The Morgan fingerprint density at radius 1 is 0.781 bits per heavy atom. The Morgan fingerprint density at radius 2 is 1.50 bits per heavy atom. The van der Waals surface area contributed by atoms with Crippen molar-refractivity contribution in [1.29, 1.82) is 0 Å². The van der Waals surface area contributed by atoms with Gasteiger partial charge in [0.05, 0.1) is 10.7 Å². The van der Waals surface area contributed by atoms with Gasteiger partial charge in [-0.3, -0.25) is 14.4 Å². The fourth-order valence-corrected chi connectivity index (χ4v) is 3.74. The lowest BCUT2D eigenvalue weighted by molar-refractivity contribution is -0.120. The van der Waals surface area contributed by atoms with Gasteiger partial charge in [-0.2, -0.15) is 0 Å². The maximum Gasteiger partial charge on any atom is 0.283 e. The highest BCUT2D eigenvalue weighted by molar-refractivity contribution is 6.53. The van der Waals surface area contributed by atoms with E-state index in [4.69, 9.17) is 34.8 Å². The molecule has 0 unspecified atom stereocenters. The van der Waals surface area contributed by atoms with Gasteiger partial charge in [-0.15, -0.1) is 0 Å². The summed E-state index contributed by atoms with van der Waals surface area (Å²) < 4.78 is 0. The van der Waals surface area contributed by atoms with Crippen LogP contribution in [0.2, 0.25) is 10.0 Å². The smallest absolute Gasteiger partial charge is 0.283 e. The predicted molar refractivity (Wildman–Crippen MR) is 126 cm³/mol. The van der Waals surface area contributed by atoms with Crippen LogP contribution in [0, 0.1) is 0 Å². The van der Waals surface area contributed by atoms with Gasteiger partial charge >= 0.3 is 0 Å². The Hall–Kier alpha value is -3.32. The topological polar surface area (TPSA) is 78.5 Å². The summed E-state index contributed by atoms with van der Waals surface area (Å²) in [6, 6.07) is 19.6. The van der Waals surface area contributed by atoms with Crippen LogP contribution in [0.3, 0.4) is 0 Å². The summed E-state index contributed by atoms with van der Waals surface area (Å²) in [6.45, 7) is 0. The quantitative estimate of drug-likeness (QED) is 0.455. The Balaban J connectivity index is 1.55. The van der Waals surface area contributed by atoms with Crippen LogP contribution in [0.25, 0.3) is 0 Å². The van der Waals surface area contributed by atoms with Crippen LogP contribution in [-0.4, -0.2) is 17.7 Å². The molecule has 0 atom stereocenters. The molecule has 3 aromatic carbocycles. The summed E-state index contributed by atoms with van der Waals surface area (Å²) in [7, 11) is 0. The van der Waals surface area contributed by atoms with Crippen LogP contribution < -0.4 is 15.5 Å². The number of hydrogen-bond donors (Lipinski definition) is 2. The van der Waals surface area contributed by atoms with Crippen molar-refractivity contribution in [3.05, 3.63) is 99.1 Å². The summed E-state index contributed by atoms with van der Waals surface area (Å²) in [5.41, 5.74) is 1.39. The third-order valence-electron chi connectivity index (χ3n) is 4.60. The van der Waals surface area contributed by atoms with Crippen LogP contribution in [-0.2, 0) is 9.59 Å². The van der Waals surface area contributed by atoms with E-state index in [-0.39, 0.29) is 27.3 Å². The molecule has 6 nitrogen and oxygen atoms in total. The zero-order valence-electron chi connectivity index (χ0n) is 16.2. The van der Waals surface area contributed by atoms with Gasteiger partial charge in [0.25, 0.3) is 17.7 Å². The van der Waals surface area contributed by atoms with Crippen molar-refractivity contribution >= 4 is 69.6 Å². The highest BCUT2D eigenvalue weighted by atomic mass is 35.5. The first-order valence-electron chi connectivity index (χ1n) is 9.32. The number of rotatable bonds is 5. The minimum Gasteiger partial charge on any atom is -0.350 e. The molecule has 1 heterocycles. The van der Waals surface area contributed by atoms with Gasteiger partial charge in [-0.05, 0) is 48.5 Å². The first-order valence-corrected chi connectivity index (χ1v) is 10.5. The van der Waals surface area contributed by atoms with Crippen LogP contribution in [0.1, 0.15) is 10.4 Å². The molecule has 4 rings (SSSR count). The lowest BCUT2D eigenvalue weighted by atomic mass is 10.1. The fourth-order valence-electron chi connectivity index (χ4n) is 3.12. The van der Waals surface area contributed by atoms with Crippen molar-refractivity contribution in [1.82, 2.24) is 0 Å². The van der Waals surface area contributed by atoms with Crippen molar-refractivity contribution < 1.29 is 14.4 Å². The number of hydrogen-bond acceptors (Lipinski definition) is 4. The second-order valence-corrected chi connectivity index (χ2v) is 7.98. The van der Waals surface area contributed by atoms with E-state index in [1.54, 1.807) is 66.7 Å². The van der Waals surface area contributed by atoms with E-state index in [2.05, 4.69) is 10.6 Å². The SMILES string of the molecule is O=C(Nc1cccc(Cl)c1)c1cccc(NC2=C(Cl)C(=O)N(c3ccccc3Cl)C2=O)c1. The van der Waals surface area contributed by atoms with E-state index >= 15 is 0 Å². The molecule has 1 aliphatic heterocycles. The molecule has 32 heavy (non-hydrogen) atoms. The number of anilines is 3. The molecule has 3 amide bonds. The zero-order chi connectivity index (χ0) is 22.8. The van der Waals surface area contributed by atoms with E-state index in [9.17, 15) is 14.4 Å². The molecule has 0 saturated heterocycles. The van der Waals surface area contributed by atoms with Gasteiger partial charge in [0.2, 0.25) is 0 Å². The van der Waals surface area contributed by atoms with Gasteiger partial charge in [0, 0.05) is 22.0 Å². The molecule has 0 fully saturated rings. The Kier molecular flexibility index (Phi) is 6.19. The molecule has 0 spiro atoms. The number of halogens is 3. The number of carbonyl (C=O) groups is 3. The van der Waals surface area contributed by atoms with Gasteiger partial charge in [0.1, 0.15) is 10.7 Å². The molecule has 0 saturated carbocycles. The number of nitrogens with zero attached hydrogens (tertiary/aromatic N) is 1. The number of para-hydroxylation sites is 1. The highest BCUT2D eigenvalue weighted by Crippen LogP contribution is 2.34. The first kappa shape index (κ1) is 21.9. The maximum absolute atomic E-state index is 12.9. The molecule has 0 radical (unpaired) electrons. The van der Waals surface area contributed by atoms with Crippen LogP contribution in [0.4, 0.5) is 17.1 Å². The molecule has 0 bridgehead atoms. The second kappa shape index (κ2) is 9.04. The van der Waals surface area contributed by atoms with E-state index in [0.29, 0.717) is 22.0 Å². The van der Waals surface area contributed by atoms with Gasteiger partial charge < -0.3 is 10.6 Å². The van der Waals surface area contributed by atoms with Crippen molar-refractivity contribution in [2.45, 2.75) is 0 Å². The lowest BCUT2D eigenvalue weighted by Gasteiger charge is -2.16. The minimum absolute atomic E-state index is 0.107. The summed E-state index contributed by atoms with van der Waals surface area (Å²) in [4.78, 5) is 39.1. The Bertz CT molecular complexity index is 1290. The summed E-state index contributed by atoms with van der Waals surface area (Å²) in [6.07, 6.45) is 0. The summed E-state index contributed by atoms with van der Waals surface area (Å²) in [5, 5.41) is 6.05. The third kappa shape index (κ3) is 4.34. The van der Waals surface area contributed by atoms with Crippen LogP contribution in [0.15, 0.2) is 83.5 Å². The first-order chi connectivity index (χ1) is 15.3. The normalized spacial score (nSPS) is 13.5. The highest BCUT2D eigenvalue weighted by Gasteiger charge is 2.39. The maximum atomic E-state index is 12.9. The molecular weight excluding hydrogens is 473 g/mol. The monoisotopic (exact) mass is 485 g/mol. The number of nitrogens with one attached hydrogen (secondary N) is 2.